The highest BCUT2D eigenvalue weighted by Crippen LogP contribution is 2.34. The number of nitrogens with zero attached hydrogens (tertiary/aromatic N) is 3. The Morgan fingerprint density at radius 2 is 1.79 bits per heavy atom. The fourth-order valence-corrected chi connectivity index (χ4v) is 4.36. The lowest BCUT2D eigenvalue weighted by atomic mass is 10.0. The normalized spacial score (nSPS) is 11.6. The van der Waals surface area contributed by atoms with E-state index >= 15 is 0 Å². The first-order chi connectivity index (χ1) is 16.1. The third kappa shape index (κ3) is 3.91. The average molecular weight is 471 g/mol. The lowest BCUT2D eigenvalue weighted by molar-refractivity contribution is 0.415. The quantitative estimate of drug-likeness (QED) is 0.282. The monoisotopic (exact) mass is 470 g/mol. The van der Waals surface area contributed by atoms with Gasteiger partial charge in [-0.25, -0.2) is 4.98 Å². The zero-order valence-electron chi connectivity index (χ0n) is 17.4. The second-order valence-corrected chi connectivity index (χ2v) is 8.23. The molecule has 0 amide bonds. The highest BCUT2D eigenvalue weighted by atomic mass is 35.5. The molecule has 5 nitrogen and oxygen atoms in total. The van der Waals surface area contributed by atoms with E-state index in [-0.39, 0.29) is 0 Å². The standard InChI is InChI=1S/C26H16Cl2N4O/c1-33-20-6-5-15-7-17(12-30-24(15)10-20)18-9-21-19(14-32-26(21)31-13-18)8-16(11-29)25-22(27)3-2-4-23(25)28/h2-10,12-14H,1H3,(H,31,32)/b16-8+. The summed E-state index contributed by atoms with van der Waals surface area (Å²) in [4.78, 5) is 12.3. The number of aromatic nitrogens is 3. The summed E-state index contributed by atoms with van der Waals surface area (Å²) in [6.45, 7) is 0. The summed E-state index contributed by atoms with van der Waals surface area (Å²) < 4.78 is 5.28. The first-order valence-electron chi connectivity index (χ1n) is 10.0. The topological polar surface area (TPSA) is 74.6 Å². The molecule has 0 bridgehead atoms. The van der Waals surface area contributed by atoms with Crippen molar-refractivity contribution in [3.05, 3.63) is 88.3 Å². The van der Waals surface area contributed by atoms with E-state index in [9.17, 15) is 5.26 Å². The predicted octanol–water partition coefficient (Wildman–Crippen LogP) is 7.16. The van der Waals surface area contributed by atoms with Gasteiger partial charge in [-0.1, -0.05) is 29.3 Å². The summed E-state index contributed by atoms with van der Waals surface area (Å²) in [5, 5.41) is 12.5. The van der Waals surface area contributed by atoms with Gasteiger partial charge in [-0.15, -0.1) is 0 Å². The van der Waals surface area contributed by atoms with Gasteiger partial charge in [0.15, 0.2) is 0 Å². The summed E-state index contributed by atoms with van der Waals surface area (Å²) in [6, 6.07) is 17.3. The van der Waals surface area contributed by atoms with Gasteiger partial charge < -0.3 is 9.72 Å². The molecule has 0 saturated heterocycles. The number of H-pyrrole nitrogens is 1. The number of allylic oxidation sites excluding steroid dienone is 1. The molecule has 0 aliphatic carbocycles. The fraction of sp³-hybridized carbons (Fsp3) is 0.0385. The zero-order valence-corrected chi connectivity index (χ0v) is 18.9. The number of benzene rings is 2. The number of pyridine rings is 2. The van der Waals surface area contributed by atoms with Gasteiger partial charge in [0.05, 0.1) is 34.3 Å². The van der Waals surface area contributed by atoms with Crippen LogP contribution in [0.15, 0.2) is 67.1 Å². The third-order valence-electron chi connectivity index (χ3n) is 5.44. The van der Waals surface area contributed by atoms with Crippen LogP contribution < -0.4 is 4.74 Å². The Balaban J connectivity index is 1.60. The van der Waals surface area contributed by atoms with Crippen LogP contribution in [0.3, 0.4) is 0 Å². The molecule has 0 fully saturated rings. The molecule has 0 aliphatic rings. The molecule has 0 unspecified atom stereocenters. The maximum absolute atomic E-state index is 9.79. The van der Waals surface area contributed by atoms with Crippen molar-refractivity contribution in [1.29, 1.82) is 5.26 Å². The summed E-state index contributed by atoms with van der Waals surface area (Å²) in [5.41, 5.74) is 5.11. The first-order valence-corrected chi connectivity index (χ1v) is 10.8. The summed E-state index contributed by atoms with van der Waals surface area (Å²) in [7, 11) is 1.64. The minimum absolute atomic E-state index is 0.373. The Bertz CT molecular complexity index is 1580. The summed E-state index contributed by atoms with van der Waals surface area (Å²) in [5.74, 6) is 0.765. The Morgan fingerprint density at radius 3 is 2.55 bits per heavy atom. The van der Waals surface area contributed by atoms with E-state index < -0.39 is 0 Å². The Kier molecular flexibility index (Phi) is 5.47. The molecule has 0 atom stereocenters. The number of rotatable bonds is 4. The molecular formula is C26H16Cl2N4O. The van der Waals surface area contributed by atoms with Crippen molar-refractivity contribution in [3.63, 3.8) is 0 Å². The van der Waals surface area contributed by atoms with Crippen LogP contribution in [0, 0.1) is 11.3 Å². The number of methoxy groups -OCH3 is 1. The fourth-order valence-electron chi connectivity index (χ4n) is 3.76. The molecule has 3 heterocycles. The largest absolute Gasteiger partial charge is 0.497 e. The van der Waals surface area contributed by atoms with Crippen LogP contribution >= 0.6 is 23.2 Å². The number of nitrogens with one attached hydrogen (secondary N) is 1. The van der Waals surface area contributed by atoms with E-state index in [0.717, 1.165) is 38.7 Å². The van der Waals surface area contributed by atoms with Gasteiger partial charge in [0.25, 0.3) is 0 Å². The first kappa shape index (κ1) is 21.0. The van der Waals surface area contributed by atoms with Crippen molar-refractivity contribution in [2.75, 3.05) is 7.11 Å². The summed E-state index contributed by atoms with van der Waals surface area (Å²) >= 11 is 12.6. The van der Waals surface area contributed by atoms with E-state index in [1.165, 1.54) is 0 Å². The van der Waals surface area contributed by atoms with Crippen molar-refractivity contribution in [1.82, 2.24) is 15.0 Å². The van der Waals surface area contributed by atoms with E-state index in [1.807, 2.05) is 36.7 Å². The Labute approximate surface area is 199 Å². The number of hydrogen-bond donors (Lipinski definition) is 1. The van der Waals surface area contributed by atoms with Gasteiger partial charge >= 0.3 is 0 Å². The van der Waals surface area contributed by atoms with Gasteiger partial charge in [-0.2, -0.15) is 5.26 Å². The molecule has 3 aromatic heterocycles. The van der Waals surface area contributed by atoms with E-state index in [2.05, 4.69) is 27.1 Å². The minimum Gasteiger partial charge on any atom is -0.497 e. The van der Waals surface area contributed by atoms with Crippen molar-refractivity contribution in [2.24, 2.45) is 0 Å². The van der Waals surface area contributed by atoms with E-state index in [0.29, 0.717) is 26.8 Å². The lowest BCUT2D eigenvalue weighted by Gasteiger charge is -2.06. The molecule has 1 N–H and O–H groups in total. The van der Waals surface area contributed by atoms with Crippen LogP contribution in [0.2, 0.25) is 10.0 Å². The van der Waals surface area contributed by atoms with Crippen molar-refractivity contribution in [3.8, 4) is 22.9 Å². The van der Waals surface area contributed by atoms with Crippen LogP contribution in [-0.2, 0) is 0 Å². The number of nitriles is 1. The number of halogens is 2. The average Bonchev–Trinajstić information content (AvgIpc) is 3.24. The van der Waals surface area contributed by atoms with Gasteiger partial charge in [0, 0.05) is 57.7 Å². The lowest BCUT2D eigenvalue weighted by Crippen LogP contribution is -1.88. The van der Waals surface area contributed by atoms with Crippen LogP contribution in [0.4, 0.5) is 0 Å². The minimum atomic E-state index is 0.373. The van der Waals surface area contributed by atoms with Gasteiger partial charge in [-0.05, 0) is 42.5 Å². The molecule has 5 aromatic rings. The van der Waals surface area contributed by atoms with Gasteiger partial charge in [-0.3, -0.25) is 4.98 Å². The van der Waals surface area contributed by atoms with Crippen LogP contribution in [0.25, 0.3) is 44.7 Å². The maximum atomic E-state index is 9.79. The van der Waals surface area contributed by atoms with Crippen LogP contribution in [0.1, 0.15) is 11.1 Å². The van der Waals surface area contributed by atoms with E-state index in [4.69, 9.17) is 27.9 Å². The molecule has 0 aliphatic heterocycles. The second kappa shape index (κ2) is 8.59. The molecule has 33 heavy (non-hydrogen) atoms. The second-order valence-electron chi connectivity index (χ2n) is 7.41. The highest BCUT2D eigenvalue weighted by Gasteiger charge is 2.13. The number of aromatic amines is 1. The molecule has 0 radical (unpaired) electrons. The highest BCUT2D eigenvalue weighted by molar-refractivity contribution is 6.38. The molecule has 2 aromatic carbocycles. The molecule has 0 spiro atoms. The molecule has 7 heteroatoms. The smallest absolute Gasteiger partial charge is 0.137 e. The Hall–Kier alpha value is -3.85. The van der Waals surface area contributed by atoms with Crippen molar-refractivity contribution in [2.45, 2.75) is 0 Å². The van der Waals surface area contributed by atoms with E-state index in [1.54, 1.807) is 37.6 Å². The molecule has 0 saturated carbocycles. The molecule has 160 valence electrons. The Morgan fingerprint density at radius 1 is 1.03 bits per heavy atom. The van der Waals surface area contributed by atoms with Gasteiger partial charge in [0.1, 0.15) is 11.4 Å². The maximum Gasteiger partial charge on any atom is 0.137 e. The van der Waals surface area contributed by atoms with Gasteiger partial charge in [0.2, 0.25) is 0 Å². The SMILES string of the molecule is COc1ccc2cc(-c3cnc4[nH]cc(/C=C(\C#N)c5c(Cl)cccc5Cl)c4c3)cnc2c1. The van der Waals surface area contributed by atoms with Crippen LogP contribution in [0.5, 0.6) is 5.75 Å². The van der Waals surface area contributed by atoms with Crippen molar-refractivity contribution >= 4 is 56.8 Å². The predicted molar refractivity (Wildman–Crippen MR) is 133 cm³/mol. The number of hydrogen-bond acceptors (Lipinski definition) is 4. The zero-order chi connectivity index (χ0) is 22.9. The number of ether oxygens (including phenoxy) is 1. The number of fused-ring (bicyclic) bond motifs is 2. The third-order valence-corrected chi connectivity index (χ3v) is 6.07. The van der Waals surface area contributed by atoms with Crippen LogP contribution in [-0.4, -0.2) is 22.1 Å². The molecule has 5 rings (SSSR count). The van der Waals surface area contributed by atoms with Crippen molar-refractivity contribution < 1.29 is 4.74 Å². The summed E-state index contributed by atoms with van der Waals surface area (Å²) in [6.07, 6.45) is 7.20. The molecular weight excluding hydrogens is 455 g/mol.